The van der Waals surface area contributed by atoms with Crippen LogP contribution in [0.25, 0.3) is 11.3 Å². The highest BCUT2D eigenvalue weighted by atomic mass is 35.5. The van der Waals surface area contributed by atoms with Crippen molar-refractivity contribution in [3.8, 4) is 17.1 Å². The Bertz CT molecular complexity index is 1310. The highest BCUT2D eigenvalue weighted by molar-refractivity contribution is 6.33. The fourth-order valence-electron chi connectivity index (χ4n) is 4.95. The van der Waals surface area contributed by atoms with Crippen molar-refractivity contribution in [2.75, 3.05) is 51.8 Å². The van der Waals surface area contributed by atoms with Crippen LogP contribution in [0.1, 0.15) is 30.9 Å². The number of alkyl halides is 3. The van der Waals surface area contributed by atoms with Crippen molar-refractivity contribution in [3.63, 3.8) is 0 Å². The summed E-state index contributed by atoms with van der Waals surface area (Å²) in [5.41, 5.74) is 1.08. The van der Waals surface area contributed by atoms with Gasteiger partial charge < -0.3 is 19.9 Å². The number of pyridine rings is 2. The van der Waals surface area contributed by atoms with Gasteiger partial charge in [-0.05, 0) is 75.8 Å². The minimum Gasteiger partial charge on any atom is -0.477 e. The molecule has 0 unspecified atom stereocenters. The number of hydrogen-bond donors (Lipinski definition) is 1. The van der Waals surface area contributed by atoms with Crippen LogP contribution in [0.5, 0.6) is 5.88 Å². The van der Waals surface area contributed by atoms with Gasteiger partial charge in [0.15, 0.2) is 0 Å². The molecular formula is C29H33ClF3N5O2. The molecule has 40 heavy (non-hydrogen) atoms. The monoisotopic (exact) mass is 575 g/mol. The van der Waals surface area contributed by atoms with Crippen LogP contribution in [0, 0.1) is 0 Å². The highest BCUT2D eigenvalue weighted by Crippen LogP contribution is 2.41. The number of likely N-dealkylation sites (N-methyl/N-ethyl adjacent to an activating group) is 1. The molecule has 0 bridgehead atoms. The van der Waals surface area contributed by atoms with E-state index in [4.69, 9.17) is 16.3 Å². The van der Waals surface area contributed by atoms with E-state index < -0.39 is 17.2 Å². The van der Waals surface area contributed by atoms with Crippen molar-refractivity contribution in [2.45, 2.75) is 31.4 Å². The van der Waals surface area contributed by atoms with E-state index in [0.717, 1.165) is 23.3 Å². The van der Waals surface area contributed by atoms with E-state index in [0.29, 0.717) is 62.9 Å². The molecule has 1 fully saturated rings. The molecule has 0 radical (unpaired) electrons. The molecule has 3 aromatic rings. The minimum atomic E-state index is -4.47. The van der Waals surface area contributed by atoms with Gasteiger partial charge in [-0.2, -0.15) is 13.2 Å². The molecule has 0 aliphatic carbocycles. The second kappa shape index (κ2) is 12.4. The molecule has 1 aliphatic rings. The molecule has 1 aliphatic heterocycles. The first-order valence-corrected chi connectivity index (χ1v) is 13.5. The zero-order valence-corrected chi connectivity index (χ0v) is 23.5. The van der Waals surface area contributed by atoms with Gasteiger partial charge >= 0.3 is 6.18 Å². The van der Waals surface area contributed by atoms with Crippen LogP contribution in [-0.2, 0) is 16.4 Å². The Kier molecular flexibility index (Phi) is 9.20. The lowest BCUT2D eigenvalue weighted by atomic mass is 9.72. The second-order valence-corrected chi connectivity index (χ2v) is 10.4. The number of carbonyl (C=O) groups excluding carboxylic acids is 1. The fraction of sp³-hybridized carbons (Fsp3) is 0.414. The van der Waals surface area contributed by atoms with Crippen molar-refractivity contribution in [2.24, 2.45) is 0 Å². The summed E-state index contributed by atoms with van der Waals surface area (Å²) in [6.07, 6.45) is -0.203. The number of aromatic nitrogens is 2. The fourth-order valence-corrected chi connectivity index (χ4v) is 5.25. The number of amides is 1. The summed E-state index contributed by atoms with van der Waals surface area (Å²) in [5, 5.41) is 3.11. The number of halogens is 4. The number of nitrogens with zero attached hydrogens (tertiary/aromatic N) is 4. The van der Waals surface area contributed by atoms with Crippen molar-refractivity contribution in [1.82, 2.24) is 20.2 Å². The van der Waals surface area contributed by atoms with E-state index in [9.17, 15) is 18.0 Å². The molecule has 0 atom stereocenters. The normalized spacial score (nSPS) is 15.2. The number of rotatable bonds is 9. The number of piperidine rings is 1. The predicted octanol–water partition coefficient (Wildman–Crippen LogP) is 5.43. The van der Waals surface area contributed by atoms with Crippen LogP contribution in [0.2, 0.25) is 5.02 Å². The third-order valence-electron chi connectivity index (χ3n) is 7.16. The molecule has 1 amide bonds. The number of benzene rings is 1. The smallest absolute Gasteiger partial charge is 0.416 e. The molecule has 1 aromatic carbocycles. The standard InChI is InChI=1S/C29H33ClF3N5O2/c1-4-40-26-22(6-5-13-34-26)24-9-7-21(19-36-24)28(27(39)35-14-17-37(2)3)11-15-38(16-12-28)25-10-8-20(18-23(25)30)29(31,32)33/h5-10,13,18-19H,4,11-12,14-17H2,1-3H3,(H,35,39). The lowest BCUT2D eigenvalue weighted by Crippen LogP contribution is -2.52. The van der Waals surface area contributed by atoms with E-state index in [2.05, 4.69) is 15.3 Å². The maximum absolute atomic E-state index is 13.7. The molecule has 0 saturated carbocycles. The maximum atomic E-state index is 13.7. The quantitative estimate of drug-likeness (QED) is 0.367. The number of carbonyl (C=O) groups is 1. The lowest BCUT2D eigenvalue weighted by molar-refractivity contribution is -0.137. The molecule has 214 valence electrons. The first-order valence-electron chi connectivity index (χ1n) is 13.1. The predicted molar refractivity (Wildman–Crippen MR) is 150 cm³/mol. The average molecular weight is 576 g/mol. The second-order valence-electron chi connectivity index (χ2n) is 10.0. The summed E-state index contributed by atoms with van der Waals surface area (Å²) in [7, 11) is 3.87. The van der Waals surface area contributed by atoms with Gasteiger partial charge in [0.2, 0.25) is 11.8 Å². The third-order valence-corrected chi connectivity index (χ3v) is 7.46. The molecule has 3 heterocycles. The molecule has 1 N–H and O–H groups in total. The largest absolute Gasteiger partial charge is 0.477 e. The Labute approximate surface area is 237 Å². The maximum Gasteiger partial charge on any atom is 0.416 e. The van der Waals surface area contributed by atoms with Crippen molar-refractivity contribution >= 4 is 23.2 Å². The van der Waals surface area contributed by atoms with Crippen LogP contribution >= 0.6 is 11.6 Å². The summed E-state index contributed by atoms with van der Waals surface area (Å²) in [4.78, 5) is 26.6. The Morgan fingerprint density at radius 1 is 1.15 bits per heavy atom. The van der Waals surface area contributed by atoms with Crippen LogP contribution in [0.4, 0.5) is 18.9 Å². The topological polar surface area (TPSA) is 70.6 Å². The van der Waals surface area contributed by atoms with E-state index >= 15 is 0 Å². The van der Waals surface area contributed by atoms with E-state index in [1.165, 1.54) is 6.07 Å². The van der Waals surface area contributed by atoms with Crippen molar-refractivity contribution in [3.05, 3.63) is 71.0 Å². The zero-order chi connectivity index (χ0) is 28.9. The zero-order valence-electron chi connectivity index (χ0n) is 22.8. The van der Waals surface area contributed by atoms with Crippen molar-refractivity contribution in [1.29, 1.82) is 0 Å². The molecular weight excluding hydrogens is 543 g/mol. The first kappa shape index (κ1) is 29.6. The molecule has 1 saturated heterocycles. The van der Waals surface area contributed by atoms with Gasteiger partial charge in [-0.25, -0.2) is 4.98 Å². The minimum absolute atomic E-state index is 0.0327. The molecule has 7 nitrogen and oxygen atoms in total. The van der Waals surface area contributed by atoms with Gasteiger partial charge in [-0.1, -0.05) is 17.7 Å². The van der Waals surface area contributed by atoms with Crippen LogP contribution in [0.15, 0.2) is 54.9 Å². The van der Waals surface area contributed by atoms with Gasteiger partial charge in [0.25, 0.3) is 0 Å². The van der Waals surface area contributed by atoms with Crippen LogP contribution in [-0.4, -0.2) is 67.7 Å². The summed E-state index contributed by atoms with van der Waals surface area (Å²) >= 11 is 6.28. The van der Waals surface area contributed by atoms with Crippen LogP contribution < -0.4 is 15.0 Å². The molecule has 2 aromatic heterocycles. The van der Waals surface area contributed by atoms with Gasteiger partial charge in [0.1, 0.15) is 0 Å². The molecule has 4 rings (SSSR count). The van der Waals surface area contributed by atoms with Gasteiger partial charge in [0.05, 0.1) is 39.6 Å². The number of anilines is 1. The van der Waals surface area contributed by atoms with Gasteiger partial charge in [-0.3, -0.25) is 9.78 Å². The molecule has 0 spiro atoms. The van der Waals surface area contributed by atoms with E-state index in [1.54, 1.807) is 12.4 Å². The summed E-state index contributed by atoms with van der Waals surface area (Å²) in [5.74, 6) is 0.390. The average Bonchev–Trinajstić information content (AvgIpc) is 2.93. The van der Waals surface area contributed by atoms with Gasteiger partial charge in [0, 0.05) is 38.6 Å². The van der Waals surface area contributed by atoms with E-state index in [1.807, 2.05) is 55.1 Å². The van der Waals surface area contributed by atoms with E-state index in [-0.39, 0.29) is 10.9 Å². The number of nitrogens with one attached hydrogen (secondary N) is 1. The first-order chi connectivity index (χ1) is 19.0. The Morgan fingerprint density at radius 3 is 2.50 bits per heavy atom. The molecule has 11 heteroatoms. The number of ether oxygens (including phenoxy) is 1. The third kappa shape index (κ3) is 6.50. The number of hydrogen-bond acceptors (Lipinski definition) is 6. The highest BCUT2D eigenvalue weighted by Gasteiger charge is 2.43. The summed E-state index contributed by atoms with van der Waals surface area (Å²) in [6.45, 7) is 4.40. The van der Waals surface area contributed by atoms with Crippen molar-refractivity contribution < 1.29 is 22.7 Å². The Balaban J connectivity index is 1.60. The Hall–Kier alpha value is -3.37. The lowest BCUT2D eigenvalue weighted by Gasteiger charge is -2.42. The Morgan fingerprint density at radius 2 is 1.90 bits per heavy atom. The summed E-state index contributed by atoms with van der Waals surface area (Å²) < 4.78 is 45.0. The summed E-state index contributed by atoms with van der Waals surface area (Å²) in [6, 6.07) is 10.9. The van der Waals surface area contributed by atoms with Crippen LogP contribution in [0.3, 0.4) is 0 Å². The SMILES string of the molecule is CCOc1ncccc1-c1ccc(C2(C(=O)NCCN(C)C)CCN(c3ccc(C(F)(F)F)cc3Cl)CC2)cn1. The van der Waals surface area contributed by atoms with Gasteiger partial charge in [-0.15, -0.1) is 0 Å².